The highest BCUT2D eigenvalue weighted by Gasteiger charge is 2.18. The zero-order chi connectivity index (χ0) is 16.3. The maximum Gasteiger partial charge on any atom is 0.339 e. The van der Waals surface area contributed by atoms with Gasteiger partial charge in [-0.15, -0.1) is 0 Å². The Kier molecular flexibility index (Phi) is 4.41. The van der Waals surface area contributed by atoms with Gasteiger partial charge in [-0.1, -0.05) is 18.2 Å². The number of carbonyl (C=O) groups excluding carboxylic acids is 2. The number of amides is 1. The summed E-state index contributed by atoms with van der Waals surface area (Å²) in [6.45, 7) is 3.41. The monoisotopic (exact) mass is 300 g/mol. The van der Waals surface area contributed by atoms with Gasteiger partial charge in [-0.05, 0) is 31.5 Å². The van der Waals surface area contributed by atoms with Crippen LogP contribution in [-0.4, -0.2) is 24.0 Å². The Balaban J connectivity index is 2.40. The molecule has 2 rings (SSSR count). The normalized spacial score (nSPS) is 10.1. The molecule has 0 aliphatic carbocycles. The number of rotatable bonds is 3. The summed E-state index contributed by atoms with van der Waals surface area (Å²) >= 11 is 0. The summed E-state index contributed by atoms with van der Waals surface area (Å²) in [7, 11) is 1.24. The molecule has 6 heteroatoms. The van der Waals surface area contributed by atoms with Crippen LogP contribution in [0.1, 0.15) is 32.0 Å². The van der Waals surface area contributed by atoms with Gasteiger partial charge in [0.2, 0.25) is 0 Å². The number of hydrogen-bond donors (Lipinski definition) is 2. The molecule has 114 valence electrons. The van der Waals surface area contributed by atoms with E-state index in [0.717, 1.165) is 5.56 Å². The van der Waals surface area contributed by atoms with Crippen LogP contribution in [0.5, 0.6) is 0 Å². The number of anilines is 1. The van der Waals surface area contributed by atoms with Gasteiger partial charge in [-0.3, -0.25) is 9.59 Å². The van der Waals surface area contributed by atoms with E-state index in [0.29, 0.717) is 11.4 Å². The maximum absolute atomic E-state index is 12.3. The van der Waals surface area contributed by atoms with Gasteiger partial charge in [-0.2, -0.15) is 0 Å². The number of benzene rings is 1. The summed E-state index contributed by atoms with van der Waals surface area (Å²) in [5, 5.41) is 2.66. The van der Waals surface area contributed by atoms with Crippen molar-refractivity contribution < 1.29 is 14.3 Å². The molecule has 1 amide bonds. The fraction of sp³-hybridized carbons (Fsp3) is 0.188. The SMILES string of the molecule is COC(=O)c1cc(C(=O)Nc2ccccc2C)c(=O)[nH]c1C. The fourth-order valence-corrected chi connectivity index (χ4v) is 2.02. The number of ether oxygens (including phenoxy) is 1. The number of H-pyrrole nitrogens is 1. The minimum absolute atomic E-state index is 0.144. The van der Waals surface area contributed by atoms with Gasteiger partial charge in [0, 0.05) is 11.4 Å². The van der Waals surface area contributed by atoms with Gasteiger partial charge in [0.25, 0.3) is 11.5 Å². The van der Waals surface area contributed by atoms with E-state index in [-0.39, 0.29) is 11.1 Å². The molecule has 2 N–H and O–H groups in total. The summed E-state index contributed by atoms with van der Waals surface area (Å²) in [5.74, 6) is -1.20. The first-order valence-corrected chi connectivity index (χ1v) is 6.63. The molecule has 0 aliphatic heterocycles. The molecule has 0 radical (unpaired) electrons. The van der Waals surface area contributed by atoms with E-state index in [1.807, 2.05) is 19.1 Å². The predicted octanol–water partition coefficient (Wildman–Crippen LogP) is 2.03. The minimum Gasteiger partial charge on any atom is -0.465 e. The minimum atomic E-state index is -0.612. The zero-order valence-corrected chi connectivity index (χ0v) is 12.5. The van der Waals surface area contributed by atoms with Crippen LogP contribution >= 0.6 is 0 Å². The number of pyridine rings is 1. The Bertz CT molecular complexity index is 793. The Morgan fingerprint density at radius 2 is 1.82 bits per heavy atom. The van der Waals surface area contributed by atoms with Crippen LogP contribution in [0.4, 0.5) is 5.69 Å². The van der Waals surface area contributed by atoms with Gasteiger partial charge in [0.1, 0.15) is 5.56 Å². The van der Waals surface area contributed by atoms with Crippen LogP contribution in [0.3, 0.4) is 0 Å². The number of esters is 1. The standard InChI is InChI=1S/C16H16N2O4/c1-9-6-4-5-7-13(9)18-15(20)12-8-11(16(21)22-3)10(2)17-14(12)19/h4-8H,1-3H3,(H,17,19)(H,18,20). The quantitative estimate of drug-likeness (QED) is 0.849. The Morgan fingerprint density at radius 3 is 2.45 bits per heavy atom. The van der Waals surface area contributed by atoms with Crippen molar-refractivity contribution in [2.24, 2.45) is 0 Å². The van der Waals surface area contributed by atoms with Crippen molar-refractivity contribution in [1.82, 2.24) is 4.98 Å². The maximum atomic E-state index is 12.3. The lowest BCUT2D eigenvalue weighted by molar-refractivity contribution is 0.0599. The summed E-state index contributed by atoms with van der Waals surface area (Å²) in [6.07, 6.45) is 0. The first-order valence-electron chi connectivity index (χ1n) is 6.63. The second kappa shape index (κ2) is 6.26. The third kappa shape index (κ3) is 3.06. The first kappa shape index (κ1) is 15.5. The number of hydrogen-bond acceptors (Lipinski definition) is 4. The van der Waals surface area contributed by atoms with Gasteiger partial charge >= 0.3 is 5.97 Å². The number of carbonyl (C=O) groups is 2. The molecule has 0 saturated carbocycles. The van der Waals surface area contributed by atoms with E-state index in [1.165, 1.54) is 13.2 Å². The Morgan fingerprint density at radius 1 is 1.14 bits per heavy atom. The molecule has 0 saturated heterocycles. The average molecular weight is 300 g/mol. The molecule has 6 nitrogen and oxygen atoms in total. The Hall–Kier alpha value is -2.89. The van der Waals surface area contributed by atoms with E-state index in [2.05, 4.69) is 15.0 Å². The molecule has 0 atom stereocenters. The zero-order valence-electron chi connectivity index (χ0n) is 12.5. The molecule has 0 bridgehead atoms. The van der Waals surface area contributed by atoms with Gasteiger partial charge in [0.05, 0.1) is 12.7 Å². The van der Waals surface area contributed by atoms with Crippen molar-refractivity contribution in [1.29, 1.82) is 0 Å². The van der Waals surface area contributed by atoms with Crippen LogP contribution in [0.15, 0.2) is 35.1 Å². The smallest absolute Gasteiger partial charge is 0.339 e. The largest absolute Gasteiger partial charge is 0.465 e. The highest BCUT2D eigenvalue weighted by atomic mass is 16.5. The summed E-state index contributed by atoms with van der Waals surface area (Å²) in [6, 6.07) is 8.44. The van der Waals surface area contributed by atoms with Crippen molar-refractivity contribution in [3.8, 4) is 0 Å². The summed E-state index contributed by atoms with van der Waals surface area (Å²) in [5.41, 5.74) is 1.27. The molecule has 0 spiro atoms. The van der Waals surface area contributed by atoms with E-state index in [9.17, 15) is 14.4 Å². The third-order valence-corrected chi connectivity index (χ3v) is 3.28. The van der Waals surface area contributed by atoms with E-state index < -0.39 is 17.4 Å². The van der Waals surface area contributed by atoms with Crippen molar-refractivity contribution in [2.75, 3.05) is 12.4 Å². The number of methoxy groups -OCH3 is 1. The van der Waals surface area contributed by atoms with Crippen molar-refractivity contribution >= 4 is 17.6 Å². The Labute approximate surface area is 127 Å². The fourth-order valence-electron chi connectivity index (χ4n) is 2.02. The number of aromatic nitrogens is 1. The van der Waals surface area contributed by atoms with Gasteiger partial charge < -0.3 is 15.0 Å². The second-order valence-corrected chi connectivity index (χ2v) is 4.81. The van der Waals surface area contributed by atoms with Crippen LogP contribution < -0.4 is 10.9 Å². The number of para-hydroxylation sites is 1. The number of aromatic amines is 1. The van der Waals surface area contributed by atoms with Crippen LogP contribution in [-0.2, 0) is 4.74 Å². The van der Waals surface area contributed by atoms with Crippen LogP contribution in [0, 0.1) is 13.8 Å². The molecule has 1 aromatic heterocycles. The van der Waals surface area contributed by atoms with Crippen LogP contribution in [0.2, 0.25) is 0 Å². The van der Waals surface area contributed by atoms with E-state index >= 15 is 0 Å². The van der Waals surface area contributed by atoms with Crippen LogP contribution in [0.25, 0.3) is 0 Å². The summed E-state index contributed by atoms with van der Waals surface area (Å²) < 4.78 is 4.64. The molecule has 1 aromatic carbocycles. The first-order chi connectivity index (χ1) is 10.4. The van der Waals surface area contributed by atoms with E-state index in [1.54, 1.807) is 19.1 Å². The molecule has 22 heavy (non-hydrogen) atoms. The lowest BCUT2D eigenvalue weighted by atomic mass is 10.1. The average Bonchev–Trinajstić information content (AvgIpc) is 2.48. The molecule has 2 aromatic rings. The highest BCUT2D eigenvalue weighted by molar-refractivity contribution is 6.05. The van der Waals surface area contributed by atoms with Crippen molar-refractivity contribution in [3.05, 3.63) is 63.1 Å². The topological polar surface area (TPSA) is 88.3 Å². The molecule has 0 fully saturated rings. The molecular weight excluding hydrogens is 284 g/mol. The molecule has 0 aliphatic rings. The van der Waals surface area contributed by atoms with E-state index in [4.69, 9.17) is 0 Å². The predicted molar refractivity (Wildman–Crippen MR) is 82.3 cm³/mol. The number of aryl methyl sites for hydroxylation is 2. The van der Waals surface area contributed by atoms with Crippen molar-refractivity contribution in [3.63, 3.8) is 0 Å². The highest BCUT2D eigenvalue weighted by Crippen LogP contribution is 2.14. The number of nitrogens with one attached hydrogen (secondary N) is 2. The molecular formula is C16H16N2O4. The lowest BCUT2D eigenvalue weighted by Crippen LogP contribution is -2.25. The molecule has 0 unspecified atom stereocenters. The molecule has 1 heterocycles. The third-order valence-electron chi connectivity index (χ3n) is 3.28. The van der Waals surface area contributed by atoms with Gasteiger partial charge in [-0.25, -0.2) is 4.79 Å². The second-order valence-electron chi connectivity index (χ2n) is 4.81. The van der Waals surface area contributed by atoms with Crippen molar-refractivity contribution in [2.45, 2.75) is 13.8 Å². The van der Waals surface area contributed by atoms with Gasteiger partial charge in [0.15, 0.2) is 0 Å². The summed E-state index contributed by atoms with van der Waals surface area (Å²) in [4.78, 5) is 38.4. The lowest BCUT2D eigenvalue weighted by Gasteiger charge is -2.09.